The van der Waals surface area contributed by atoms with Gasteiger partial charge in [-0.2, -0.15) is 4.52 Å². The number of rotatable bonds is 7. The minimum atomic E-state index is -3.98. The van der Waals surface area contributed by atoms with Crippen molar-refractivity contribution in [2.45, 2.75) is 23.8 Å². The third kappa shape index (κ3) is 3.49. The molecule has 11 heteroatoms. The summed E-state index contributed by atoms with van der Waals surface area (Å²) in [4.78, 5) is 6.79. The number of ether oxygens (including phenoxy) is 2. The van der Waals surface area contributed by atoms with Gasteiger partial charge in [-0.25, -0.2) is 13.4 Å². The standard InChI is InChI=1S/C21H22ClN5O4S/c1-5-26(6-2)19-15-11-17(30-3)18(31-4)12-16(15)27-20(23-19)21(24-25-27)32(28,29)14-9-7-13(22)8-10-14/h7-12H,5-6H2,1-4H3. The third-order valence-corrected chi connectivity index (χ3v) is 7.16. The van der Waals surface area contributed by atoms with Gasteiger partial charge < -0.3 is 14.4 Å². The topological polar surface area (TPSA) is 98.9 Å². The second-order valence-corrected chi connectivity index (χ2v) is 9.22. The van der Waals surface area contributed by atoms with Gasteiger partial charge in [0.15, 0.2) is 17.1 Å². The monoisotopic (exact) mass is 475 g/mol. The Labute approximate surface area is 190 Å². The fraction of sp³-hybridized carbons (Fsp3) is 0.286. The van der Waals surface area contributed by atoms with Crippen molar-refractivity contribution in [1.29, 1.82) is 0 Å². The highest BCUT2D eigenvalue weighted by molar-refractivity contribution is 7.91. The third-order valence-electron chi connectivity index (χ3n) is 5.24. The molecule has 0 amide bonds. The molecule has 168 valence electrons. The van der Waals surface area contributed by atoms with Gasteiger partial charge in [-0.05, 0) is 44.2 Å². The molecule has 2 heterocycles. The molecule has 4 aromatic rings. The lowest BCUT2D eigenvalue weighted by Gasteiger charge is -2.22. The van der Waals surface area contributed by atoms with E-state index in [2.05, 4.69) is 10.3 Å². The van der Waals surface area contributed by atoms with Crippen LogP contribution in [0.1, 0.15) is 13.8 Å². The summed E-state index contributed by atoms with van der Waals surface area (Å²) in [5.41, 5.74) is 0.723. The number of hydrogen-bond donors (Lipinski definition) is 0. The van der Waals surface area contributed by atoms with Gasteiger partial charge in [0.05, 0.1) is 24.6 Å². The molecule has 0 aliphatic carbocycles. The van der Waals surface area contributed by atoms with Crippen molar-refractivity contribution in [1.82, 2.24) is 19.8 Å². The highest BCUT2D eigenvalue weighted by Crippen LogP contribution is 2.37. The van der Waals surface area contributed by atoms with E-state index in [1.165, 1.54) is 35.9 Å². The number of halogens is 1. The van der Waals surface area contributed by atoms with E-state index in [1.54, 1.807) is 13.2 Å². The summed E-state index contributed by atoms with van der Waals surface area (Å²) in [5, 5.41) is 9.07. The number of hydrogen-bond acceptors (Lipinski definition) is 8. The number of nitrogens with zero attached hydrogens (tertiary/aromatic N) is 5. The largest absolute Gasteiger partial charge is 0.493 e. The molecular weight excluding hydrogens is 454 g/mol. The smallest absolute Gasteiger partial charge is 0.229 e. The quantitative estimate of drug-likeness (QED) is 0.399. The highest BCUT2D eigenvalue weighted by atomic mass is 35.5. The van der Waals surface area contributed by atoms with E-state index in [4.69, 9.17) is 26.1 Å². The molecule has 0 atom stereocenters. The summed E-state index contributed by atoms with van der Waals surface area (Å²) < 4.78 is 39.0. The van der Waals surface area contributed by atoms with Crippen LogP contribution in [0.25, 0.3) is 16.6 Å². The average molecular weight is 476 g/mol. The molecule has 0 unspecified atom stereocenters. The van der Waals surface area contributed by atoms with Crippen LogP contribution in [0.4, 0.5) is 5.82 Å². The predicted octanol–water partition coefficient (Wildman–Crippen LogP) is 3.63. The first-order chi connectivity index (χ1) is 15.3. The maximum Gasteiger partial charge on any atom is 0.229 e. The lowest BCUT2D eigenvalue weighted by molar-refractivity contribution is 0.355. The molecule has 9 nitrogen and oxygen atoms in total. The van der Waals surface area contributed by atoms with E-state index < -0.39 is 9.84 Å². The van der Waals surface area contributed by atoms with E-state index in [1.807, 2.05) is 24.8 Å². The fourth-order valence-electron chi connectivity index (χ4n) is 3.57. The van der Waals surface area contributed by atoms with E-state index in [-0.39, 0.29) is 15.6 Å². The lowest BCUT2D eigenvalue weighted by atomic mass is 10.2. The Morgan fingerprint density at radius 1 is 1.03 bits per heavy atom. The number of sulfone groups is 1. The molecule has 0 fully saturated rings. The van der Waals surface area contributed by atoms with Crippen molar-refractivity contribution in [2.75, 3.05) is 32.2 Å². The van der Waals surface area contributed by atoms with Crippen molar-refractivity contribution in [3.63, 3.8) is 0 Å². The van der Waals surface area contributed by atoms with Gasteiger partial charge in [-0.3, -0.25) is 0 Å². The Balaban J connectivity index is 2.08. The summed E-state index contributed by atoms with van der Waals surface area (Å²) in [6.07, 6.45) is 0. The van der Waals surface area contributed by atoms with E-state index in [0.717, 1.165) is 5.39 Å². The van der Waals surface area contributed by atoms with Gasteiger partial charge in [0.2, 0.25) is 14.9 Å². The van der Waals surface area contributed by atoms with E-state index in [0.29, 0.717) is 40.9 Å². The molecule has 0 radical (unpaired) electrons. The molecule has 2 aromatic heterocycles. The van der Waals surface area contributed by atoms with Gasteiger partial charge in [0.25, 0.3) is 0 Å². The average Bonchev–Trinajstić information content (AvgIpc) is 3.24. The molecular formula is C21H22ClN5O4S. The Kier molecular flexibility index (Phi) is 5.83. The molecule has 0 aliphatic heterocycles. The van der Waals surface area contributed by atoms with E-state index >= 15 is 0 Å². The number of aromatic nitrogens is 4. The Morgan fingerprint density at radius 2 is 1.66 bits per heavy atom. The number of methoxy groups -OCH3 is 2. The van der Waals surface area contributed by atoms with Crippen LogP contribution in [0.5, 0.6) is 11.5 Å². The first-order valence-corrected chi connectivity index (χ1v) is 11.8. The second kappa shape index (κ2) is 8.44. The number of benzene rings is 2. The second-order valence-electron chi connectivity index (χ2n) is 6.92. The molecule has 2 aromatic carbocycles. The van der Waals surface area contributed by atoms with Gasteiger partial charge in [-0.15, -0.1) is 5.10 Å². The lowest BCUT2D eigenvalue weighted by Crippen LogP contribution is -2.24. The summed E-state index contributed by atoms with van der Waals surface area (Å²) in [7, 11) is -0.895. The van der Waals surface area contributed by atoms with E-state index in [9.17, 15) is 8.42 Å². The van der Waals surface area contributed by atoms with Crippen molar-refractivity contribution < 1.29 is 17.9 Å². The van der Waals surface area contributed by atoms with Gasteiger partial charge in [-0.1, -0.05) is 16.8 Å². The molecule has 4 rings (SSSR count). The molecule has 0 aliphatic rings. The van der Waals surface area contributed by atoms with Crippen LogP contribution >= 0.6 is 11.6 Å². The number of fused-ring (bicyclic) bond motifs is 3. The fourth-order valence-corrected chi connectivity index (χ4v) is 4.93. The van der Waals surface area contributed by atoms with Gasteiger partial charge in [0.1, 0.15) is 5.82 Å². The molecule has 0 bridgehead atoms. The summed E-state index contributed by atoms with van der Waals surface area (Å²) in [6.45, 7) is 5.35. The Bertz CT molecular complexity index is 1400. The van der Waals surface area contributed by atoms with Crippen LogP contribution < -0.4 is 14.4 Å². The Morgan fingerprint density at radius 3 is 2.25 bits per heavy atom. The molecule has 0 spiro atoms. The van der Waals surface area contributed by atoms with Crippen LogP contribution in [-0.4, -0.2) is 55.5 Å². The SMILES string of the molecule is CCN(CC)c1nc2c(S(=O)(=O)c3ccc(Cl)cc3)nnn2c2cc(OC)c(OC)cc12. The van der Waals surface area contributed by atoms with Crippen LogP contribution in [0, 0.1) is 0 Å². The minimum Gasteiger partial charge on any atom is -0.493 e. The van der Waals surface area contributed by atoms with Gasteiger partial charge in [0, 0.05) is 29.6 Å². The first-order valence-electron chi connectivity index (χ1n) is 9.92. The Hall–Kier alpha value is -3.11. The highest BCUT2D eigenvalue weighted by Gasteiger charge is 2.28. The zero-order valence-corrected chi connectivity index (χ0v) is 19.6. The van der Waals surface area contributed by atoms with Crippen molar-refractivity contribution in [3.8, 4) is 11.5 Å². The van der Waals surface area contributed by atoms with Crippen LogP contribution in [0.15, 0.2) is 46.3 Å². The normalized spacial score (nSPS) is 11.8. The van der Waals surface area contributed by atoms with Crippen molar-refractivity contribution in [2.24, 2.45) is 0 Å². The maximum atomic E-state index is 13.3. The molecule has 0 N–H and O–H groups in total. The number of anilines is 1. The zero-order valence-electron chi connectivity index (χ0n) is 18.0. The summed E-state index contributed by atoms with van der Waals surface area (Å²) >= 11 is 5.92. The predicted molar refractivity (Wildman–Crippen MR) is 122 cm³/mol. The summed E-state index contributed by atoms with van der Waals surface area (Å²) in [5.74, 6) is 1.62. The van der Waals surface area contributed by atoms with Crippen LogP contribution in [0.2, 0.25) is 5.02 Å². The first kappa shape index (κ1) is 22.1. The minimum absolute atomic E-state index is 0.0582. The molecule has 0 saturated carbocycles. The van der Waals surface area contributed by atoms with Gasteiger partial charge >= 0.3 is 0 Å². The van der Waals surface area contributed by atoms with Crippen molar-refractivity contribution >= 4 is 43.8 Å². The van der Waals surface area contributed by atoms with Crippen molar-refractivity contribution in [3.05, 3.63) is 41.4 Å². The maximum absolute atomic E-state index is 13.3. The van der Waals surface area contributed by atoms with Crippen LogP contribution in [0.3, 0.4) is 0 Å². The zero-order chi connectivity index (χ0) is 23.0. The molecule has 32 heavy (non-hydrogen) atoms. The molecule has 0 saturated heterocycles. The summed E-state index contributed by atoms with van der Waals surface area (Å²) in [6, 6.07) is 9.45. The van der Waals surface area contributed by atoms with Crippen LogP contribution in [-0.2, 0) is 9.84 Å².